The number of para-hydroxylation sites is 1. The number of benzene rings is 1. The smallest absolute Gasteiger partial charge is 0.223 e. The molecule has 4 nitrogen and oxygen atoms in total. The predicted molar refractivity (Wildman–Crippen MR) is 84.1 cm³/mol. The largest absolute Gasteiger partial charge is 0.496 e. The Kier molecular flexibility index (Phi) is 5.62. The van der Waals surface area contributed by atoms with Crippen LogP contribution in [0.15, 0.2) is 24.3 Å². The summed E-state index contributed by atoms with van der Waals surface area (Å²) in [6.07, 6.45) is 4.04. The van der Waals surface area contributed by atoms with Gasteiger partial charge in [-0.05, 0) is 51.1 Å². The van der Waals surface area contributed by atoms with Crippen LogP contribution in [0, 0.1) is 11.8 Å². The van der Waals surface area contributed by atoms with Crippen LogP contribution in [-0.4, -0.2) is 19.6 Å². The molecule has 1 atom stereocenters. The summed E-state index contributed by atoms with van der Waals surface area (Å²) in [5, 5.41) is 3.12. The normalized spacial score (nSPS) is 23.4. The molecule has 0 aliphatic heterocycles. The highest BCUT2D eigenvalue weighted by Crippen LogP contribution is 2.30. The van der Waals surface area contributed by atoms with Crippen LogP contribution < -0.4 is 15.8 Å². The predicted octanol–water partition coefficient (Wildman–Crippen LogP) is 2.64. The van der Waals surface area contributed by atoms with Gasteiger partial charge in [0.1, 0.15) is 5.75 Å². The minimum Gasteiger partial charge on any atom is -0.496 e. The third kappa shape index (κ3) is 3.97. The molecule has 1 fully saturated rings. The molecule has 0 heterocycles. The van der Waals surface area contributed by atoms with E-state index in [-0.39, 0.29) is 17.9 Å². The van der Waals surface area contributed by atoms with E-state index in [0.29, 0.717) is 5.92 Å². The van der Waals surface area contributed by atoms with Crippen LogP contribution in [0.3, 0.4) is 0 Å². The van der Waals surface area contributed by atoms with Crippen molar-refractivity contribution in [3.63, 3.8) is 0 Å². The van der Waals surface area contributed by atoms with Crippen molar-refractivity contribution in [1.82, 2.24) is 5.32 Å². The lowest BCUT2D eigenvalue weighted by Crippen LogP contribution is -2.35. The Morgan fingerprint density at radius 3 is 2.62 bits per heavy atom. The molecule has 1 unspecified atom stereocenters. The van der Waals surface area contributed by atoms with Crippen LogP contribution in [0.2, 0.25) is 0 Å². The van der Waals surface area contributed by atoms with Gasteiger partial charge in [0.15, 0.2) is 0 Å². The van der Waals surface area contributed by atoms with Crippen LogP contribution >= 0.6 is 0 Å². The fraction of sp³-hybridized carbons (Fsp3) is 0.588. The molecule has 1 aromatic carbocycles. The van der Waals surface area contributed by atoms with Crippen molar-refractivity contribution in [3.8, 4) is 5.75 Å². The van der Waals surface area contributed by atoms with Crippen LogP contribution in [0.25, 0.3) is 0 Å². The monoisotopic (exact) mass is 290 g/mol. The molecule has 1 aliphatic carbocycles. The zero-order chi connectivity index (χ0) is 15.2. The minimum atomic E-state index is -0.0409. The summed E-state index contributed by atoms with van der Waals surface area (Å²) in [5.74, 6) is 1.70. The molecule has 0 aromatic heterocycles. The summed E-state index contributed by atoms with van der Waals surface area (Å²) in [4.78, 5) is 12.4. The lowest BCUT2D eigenvalue weighted by Gasteiger charge is -2.28. The molecule has 0 bridgehead atoms. The fourth-order valence-electron chi connectivity index (χ4n) is 3.09. The first-order valence-electron chi connectivity index (χ1n) is 7.79. The summed E-state index contributed by atoms with van der Waals surface area (Å²) < 4.78 is 5.36. The molecule has 0 saturated heterocycles. The van der Waals surface area contributed by atoms with E-state index in [1.165, 1.54) is 0 Å². The number of rotatable bonds is 5. The first-order valence-corrected chi connectivity index (χ1v) is 7.79. The molecular formula is C17H26N2O2. The summed E-state index contributed by atoms with van der Waals surface area (Å²) in [7, 11) is 1.65. The van der Waals surface area contributed by atoms with Gasteiger partial charge in [-0.1, -0.05) is 18.2 Å². The molecule has 0 spiro atoms. The third-order valence-corrected chi connectivity index (χ3v) is 4.52. The SMILES string of the molecule is COc1ccccc1C(C)NC(=O)C1CCC(CN)CC1. The summed E-state index contributed by atoms with van der Waals surface area (Å²) >= 11 is 0. The van der Waals surface area contributed by atoms with E-state index in [9.17, 15) is 4.79 Å². The standard InChI is InChI=1S/C17H26N2O2/c1-12(15-5-3-4-6-16(15)21-2)19-17(20)14-9-7-13(11-18)8-10-14/h3-6,12-14H,7-11,18H2,1-2H3,(H,19,20). The van der Waals surface area contributed by atoms with Gasteiger partial charge in [-0.15, -0.1) is 0 Å². The van der Waals surface area contributed by atoms with Gasteiger partial charge in [0.2, 0.25) is 5.91 Å². The first kappa shape index (κ1) is 15.8. The number of carbonyl (C=O) groups excluding carboxylic acids is 1. The second-order valence-corrected chi connectivity index (χ2v) is 5.93. The van der Waals surface area contributed by atoms with Gasteiger partial charge in [-0.25, -0.2) is 0 Å². The Hall–Kier alpha value is -1.55. The number of nitrogens with one attached hydrogen (secondary N) is 1. The van der Waals surface area contributed by atoms with Gasteiger partial charge >= 0.3 is 0 Å². The number of hydrogen-bond acceptors (Lipinski definition) is 3. The van der Waals surface area contributed by atoms with Gasteiger partial charge in [-0.2, -0.15) is 0 Å². The topological polar surface area (TPSA) is 64.3 Å². The van der Waals surface area contributed by atoms with Crippen molar-refractivity contribution in [2.45, 2.75) is 38.6 Å². The van der Waals surface area contributed by atoms with Crippen molar-refractivity contribution in [2.75, 3.05) is 13.7 Å². The van der Waals surface area contributed by atoms with Crippen molar-refractivity contribution in [3.05, 3.63) is 29.8 Å². The Morgan fingerprint density at radius 1 is 1.33 bits per heavy atom. The highest BCUT2D eigenvalue weighted by Gasteiger charge is 2.26. The first-order chi connectivity index (χ1) is 10.2. The molecule has 4 heteroatoms. The quantitative estimate of drug-likeness (QED) is 0.876. The molecule has 116 valence electrons. The summed E-state index contributed by atoms with van der Waals surface area (Å²) in [5.41, 5.74) is 6.72. The molecule has 1 amide bonds. The van der Waals surface area contributed by atoms with Gasteiger partial charge < -0.3 is 15.8 Å². The van der Waals surface area contributed by atoms with Crippen molar-refractivity contribution < 1.29 is 9.53 Å². The van der Waals surface area contributed by atoms with Crippen LogP contribution in [0.1, 0.15) is 44.2 Å². The zero-order valence-electron chi connectivity index (χ0n) is 13.0. The van der Waals surface area contributed by atoms with Gasteiger partial charge in [-0.3, -0.25) is 4.79 Å². The van der Waals surface area contributed by atoms with Gasteiger partial charge in [0.05, 0.1) is 13.2 Å². The Labute approximate surface area is 127 Å². The highest BCUT2D eigenvalue weighted by atomic mass is 16.5. The molecule has 21 heavy (non-hydrogen) atoms. The van der Waals surface area contributed by atoms with Crippen molar-refractivity contribution >= 4 is 5.91 Å². The van der Waals surface area contributed by atoms with Crippen LogP contribution in [0.5, 0.6) is 5.75 Å². The second kappa shape index (κ2) is 7.46. The fourth-order valence-corrected chi connectivity index (χ4v) is 3.09. The lowest BCUT2D eigenvalue weighted by molar-refractivity contribution is -0.126. The number of ether oxygens (including phenoxy) is 1. The zero-order valence-corrected chi connectivity index (χ0v) is 13.0. The Balaban J connectivity index is 1.93. The summed E-state index contributed by atoms with van der Waals surface area (Å²) in [6.45, 7) is 2.74. The highest BCUT2D eigenvalue weighted by molar-refractivity contribution is 5.79. The maximum atomic E-state index is 12.4. The average Bonchev–Trinajstić information content (AvgIpc) is 2.54. The van der Waals surface area contributed by atoms with E-state index in [4.69, 9.17) is 10.5 Å². The summed E-state index contributed by atoms with van der Waals surface area (Å²) in [6, 6.07) is 7.78. The number of carbonyl (C=O) groups is 1. The molecule has 2 rings (SSSR count). The Bertz CT molecular complexity index is 468. The number of methoxy groups -OCH3 is 1. The second-order valence-electron chi connectivity index (χ2n) is 5.93. The van der Waals surface area contributed by atoms with E-state index >= 15 is 0 Å². The van der Waals surface area contributed by atoms with Crippen molar-refractivity contribution in [1.29, 1.82) is 0 Å². The third-order valence-electron chi connectivity index (χ3n) is 4.52. The van der Waals surface area contributed by atoms with Gasteiger partial charge in [0, 0.05) is 11.5 Å². The van der Waals surface area contributed by atoms with Crippen molar-refractivity contribution in [2.24, 2.45) is 17.6 Å². The molecular weight excluding hydrogens is 264 g/mol. The maximum Gasteiger partial charge on any atom is 0.223 e. The van der Waals surface area contributed by atoms with Gasteiger partial charge in [0.25, 0.3) is 0 Å². The number of nitrogens with two attached hydrogens (primary N) is 1. The maximum absolute atomic E-state index is 12.4. The van der Waals surface area contributed by atoms with Crippen LogP contribution in [-0.2, 0) is 4.79 Å². The number of amides is 1. The average molecular weight is 290 g/mol. The Morgan fingerprint density at radius 2 is 2.00 bits per heavy atom. The minimum absolute atomic E-state index is 0.0409. The van der Waals surface area contributed by atoms with E-state index in [1.54, 1.807) is 7.11 Å². The van der Waals surface area contributed by atoms with E-state index in [0.717, 1.165) is 43.5 Å². The molecule has 3 N–H and O–H groups in total. The molecule has 1 aliphatic rings. The van der Waals surface area contributed by atoms with E-state index in [1.807, 2.05) is 31.2 Å². The van der Waals surface area contributed by atoms with Crippen LogP contribution in [0.4, 0.5) is 0 Å². The molecule has 0 radical (unpaired) electrons. The molecule has 1 saturated carbocycles. The lowest BCUT2D eigenvalue weighted by atomic mass is 9.81. The van der Waals surface area contributed by atoms with E-state index < -0.39 is 0 Å². The molecule has 1 aromatic rings. The van der Waals surface area contributed by atoms with E-state index in [2.05, 4.69) is 5.32 Å². The number of hydrogen-bond donors (Lipinski definition) is 2.